The number of nitrogens with zero attached hydrogens (tertiary/aromatic N) is 4. The third-order valence-corrected chi connectivity index (χ3v) is 4.20. The van der Waals surface area contributed by atoms with Crippen molar-refractivity contribution in [2.75, 3.05) is 18.4 Å². The van der Waals surface area contributed by atoms with Crippen LogP contribution >= 0.6 is 0 Å². The van der Waals surface area contributed by atoms with Crippen molar-refractivity contribution < 1.29 is 9.90 Å². The number of nitrogens with one attached hydrogen (secondary N) is 1. The van der Waals surface area contributed by atoms with Crippen LogP contribution in [0.2, 0.25) is 0 Å². The number of aromatic nitrogens is 3. The van der Waals surface area contributed by atoms with Crippen molar-refractivity contribution >= 4 is 11.7 Å². The van der Waals surface area contributed by atoms with E-state index in [9.17, 15) is 9.90 Å². The lowest BCUT2D eigenvalue weighted by molar-refractivity contribution is 0.0766. The lowest BCUT2D eigenvalue weighted by Gasteiger charge is -2.34. The molecule has 2 aromatic rings. The molecule has 1 aromatic heterocycles. The van der Waals surface area contributed by atoms with Gasteiger partial charge in [-0.3, -0.25) is 0 Å². The van der Waals surface area contributed by atoms with Crippen molar-refractivity contribution in [3.63, 3.8) is 0 Å². The Balaban J connectivity index is 1.61. The Hall–Kier alpha value is -2.41. The maximum Gasteiger partial charge on any atom is 0.321 e. The molecular weight excluding hydrogens is 294 g/mol. The minimum atomic E-state index is -0.383. The number of aliphatic hydroxyl groups excluding tert-OH is 1. The standard InChI is InChI=1S/C16H21N5O2/c1-12(22)13-3-2-10-20(11-13)16(23)19-14-4-6-15(7-5-14)21-17-8-9-18-21/h4-9,12-13,22H,2-3,10-11H2,1H3,(H,19,23). The van der Waals surface area contributed by atoms with Gasteiger partial charge in [-0.15, -0.1) is 0 Å². The van der Waals surface area contributed by atoms with Crippen molar-refractivity contribution in [3.8, 4) is 5.69 Å². The van der Waals surface area contributed by atoms with E-state index in [0.717, 1.165) is 30.8 Å². The SMILES string of the molecule is CC(O)C1CCCN(C(=O)Nc2ccc(-n3nccn3)cc2)C1. The van der Waals surface area contributed by atoms with Gasteiger partial charge in [-0.1, -0.05) is 0 Å². The van der Waals surface area contributed by atoms with Gasteiger partial charge in [0.15, 0.2) is 0 Å². The number of piperidine rings is 1. The topological polar surface area (TPSA) is 83.3 Å². The lowest BCUT2D eigenvalue weighted by Crippen LogP contribution is -2.44. The summed E-state index contributed by atoms with van der Waals surface area (Å²) in [6.07, 6.45) is 4.74. The minimum Gasteiger partial charge on any atom is -0.393 e. The third-order valence-electron chi connectivity index (χ3n) is 4.20. The Labute approximate surface area is 134 Å². The van der Waals surface area contributed by atoms with Crippen LogP contribution in [0.25, 0.3) is 5.69 Å². The highest BCUT2D eigenvalue weighted by atomic mass is 16.3. The van der Waals surface area contributed by atoms with Crippen LogP contribution in [-0.2, 0) is 0 Å². The van der Waals surface area contributed by atoms with Gasteiger partial charge < -0.3 is 15.3 Å². The molecule has 0 saturated carbocycles. The fourth-order valence-corrected chi connectivity index (χ4v) is 2.82. The Morgan fingerprint density at radius 1 is 1.30 bits per heavy atom. The van der Waals surface area contributed by atoms with E-state index >= 15 is 0 Å². The van der Waals surface area contributed by atoms with Crippen LogP contribution in [0.1, 0.15) is 19.8 Å². The molecule has 1 aliphatic heterocycles. The predicted molar refractivity (Wildman–Crippen MR) is 86.4 cm³/mol. The molecule has 122 valence electrons. The summed E-state index contributed by atoms with van der Waals surface area (Å²) in [4.78, 5) is 15.6. The van der Waals surface area contributed by atoms with E-state index in [-0.39, 0.29) is 18.1 Å². The van der Waals surface area contributed by atoms with Crippen LogP contribution in [0.15, 0.2) is 36.7 Å². The summed E-state index contributed by atoms with van der Waals surface area (Å²) in [5.74, 6) is 0.155. The molecule has 0 bridgehead atoms. The Bertz CT molecular complexity index is 639. The molecule has 2 heterocycles. The van der Waals surface area contributed by atoms with E-state index in [2.05, 4.69) is 15.5 Å². The Morgan fingerprint density at radius 2 is 2.00 bits per heavy atom. The molecule has 1 aliphatic rings. The number of carbonyl (C=O) groups excluding carboxylic acids is 1. The highest BCUT2D eigenvalue weighted by molar-refractivity contribution is 5.89. The first kappa shape index (κ1) is 15.5. The summed E-state index contributed by atoms with van der Waals surface area (Å²) >= 11 is 0. The molecule has 1 fully saturated rings. The van der Waals surface area contributed by atoms with Gasteiger partial charge in [0.2, 0.25) is 0 Å². The first-order valence-corrected chi connectivity index (χ1v) is 7.84. The number of amides is 2. The molecule has 7 nitrogen and oxygen atoms in total. The molecule has 0 aliphatic carbocycles. The molecule has 1 aromatic carbocycles. The van der Waals surface area contributed by atoms with Crippen molar-refractivity contribution in [2.24, 2.45) is 5.92 Å². The van der Waals surface area contributed by atoms with E-state index in [4.69, 9.17) is 0 Å². The summed E-state index contributed by atoms with van der Waals surface area (Å²) in [7, 11) is 0. The number of urea groups is 1. The van der Waals surface area contributed by atoms with Gasteiger partial charge in [-0.25, -0.2) is 4.79 Å². The largest absolute Gasteiger partial charge is 0.393 e. The highest BCUT2D eigenvalue weighted by Crippen LogP contribution is 2.21. The average Bonchev–Trinajstić information content (AvgIpc) is 3.10. The van der Waals surface area contributed by atoms with E-state index in [1.54, 1.807) is 24.2 Å². The van der Waals surface area contributed by atoms with Crippen molar-refractivity contribution in [1.29, 1.82) is 0 Å². The number of rotatable bonds is 3. The molecule has 7 heteroatoms. The highest BCUT2D eigenvalue weighted by Gasteiger charge is 2.26. The van der Waals surface area contributed by atoms with E-state index < -0.39 is 0 Å². The summed E-state index contributed by atoms with van der Waals surface area (Å²) < 4.78 is 0. The molecule has 0 radical (unpaired) electrons. The fourth-order valence-electron chi connectivity index (χ4n) is 2.82. The first-order valence-electron chi connectivity index (χ1n) is 7.84. The summed E-state index contributed by atoms with van der Waals surface area (Å²) in [5.41, 5.74) is 1.56. The number of carbonyl (C=O) groups is 1. The van der Waals surface area contributed by atoms with Gasteiger partial charge in [0.25, 0.3) is 0 Å². The molecule has 2 amide bonds. The van der Waals surface area contributed by atoms with E-state index in [0.29, 0.717) is 6.54 Å². The summed E-state index contributed by atoms with van der Waals surface area (Å²) in [6.45, 7) is 3.11. The number of hydrogen-bond donors (Lipinski definition) is 2. The molecule has 1 saturated heterocycles. The molecule has 0 spiro atoms. The molecular formula is C16H21N5O2. The maximum atomic E-state index is 12.4. The minimum absolute atomic E-state index is 0.125. The molecule has 23 heavy (non-hydrogen) atoms. The van der Waals surface area contributed by atoms with E-state index in [1.807, 2.05) is 24.3 Å². The normalized spacial score (nSPS) is 19.4. The van der Waals surface area contributed by atoms with Crippen molar-refractivity contribution in [1.82, 2.24) is 19.9 Å². The van der Waals surface area contributed by atoms with Gasteiger partial charge in [0.1, 0.15) is 0 Å². The maximum absolute atomic E-state index is 12.4. The van der Waals surface area contributed by atoms with Crippen LogP contribution in [-0.4, -0.2) is 50.2 Å². The van der Waals surface area contributed by atoms with Crippen molar-refractivity contribution in [3.05, 3.63) is 36.7 Å². The third kappa shape index (κ3) is 3.68. The van der Waals surface area contributed by atoms with Gasteiger partial charge in [0, 0.05) is 24.7 Å². The van der Waals surface area contributed by atoms with Gasteiger partial charge in [-0.05, 0) is 44.0 Å². The van der Waals surface area contributed by atoms with Gasteiger partial charge in [-0.2, -0.15) is 15.0 Å². The summed E-state index contributed by atoms with van der Waals surface area (Å²) in [6, 6.07) is 7.23. The number of aliphatic hydroxyl groups is 1. The zero-order valence-corrected chi connectivity index (χ0v) is 13.1. The molecule has 2 unspecified atom stereocenters. The first-order chi connectivity index (χ1) is 11.1. The average molecular weight is 315 g/mol. The van der Waals surface area contributed by atoms with E-state index in [1.165, 1.54) is 4.80 Å². The number of benzene rings is 1. The Morgan fingerprint density at radius 3 is 2.65 bits per heavy atom. The zero-order chi connectivity index (χ0) is 16.2. The monoisotopic (exact) mass is 315 g/mol. The van der Waals surface area contributed by atoms with Crippen LogP contribution < -0.4 is 5.32 Å². The van der Waals surface area contributed by atoms with Crippen LogP contribution in [0.5, 0.6) is 0 Å². The van der Waals surface area contributed by atoms with Gasteiger partial charge >= 0.3 is 6.03 Å². The van der Waals surface area contributed by atoms with Crippen LogP contribution in [0.4, 0.5) is 10.5 Å². The Kier molecular flexibility index (Phi) is 4.57. The van der Waals surface area contributed by atoms with Gasteiger partial charge in [0.05, 0.1) is 24.2 Å². The molecule has 3 rings (SSSR count). The fraction of sp³-hybridized carbons (Fsp3) is 0.438. The number of likely N-dealkylation sites (tertiary alicyclic amines) is 1. The molecule has 2 N–H and O–H groups in total. The molecule has 2 atom stereocenters. The predicted octanol–water partition coefficient (Wildman–Crippen LogP) is 1.89. The second-order valence-corrected chi connectivity index (χ2v) is 5.88. The van der Waals surface area contributed by atoms with Crippen LogP contribution in [0, 0.1) is 5.92 Å². The smallest absolute Gasteiger partial charge is 0.321 e. The second kappa shape index (κ2) is 6.78. The quantitative estimate of drug-likeness (QED) is 0.906. The number of anilines is 1. The zero-order valence-electron chi connectivity index (χ0n) is 13.1. The van der Waals surface area contributed by atoms with Crippen LogP contribution in [0.3, 0.4) is 0 Å². The summed E-state index contributed by atoms with van der Waals surface area (Å²) in [5, 5.41) is 20.7. The second-order valence-electron chi connectivity index (χ2n) is 5.88. The van der Waals surface area contributed by atoms with Crippen molar-refractivity contribution in [2.45, 2.75) is 25.9 Å². The number of hydrogen-bond acceptors (Lipinski definition) is 4. The lowest BCUT2D eigenvalue weighted by atomic mass is 9.94.